The molecule has 0 saturated heterocycles. The lowest BCUT2D eigenvalue weighted by Crippen LogP contribution is -1.90. The van der Waals surface area contributed by atoms with Gasteiger partial charge < -0.3 is 0 Å². The minimum Gasteiger partial charge on any atom is -0.243 e. The predicted octanol–water partition coefficient (Wildman–Crippen LogP) is 1.08. The van der Waals surface area contributed by atoms with Crippen LogP contribution in [0.5, 0.6) is 0 Å². The van der Waals surface area contributed by atoms with Crippen LogP contribution in [0.3, 0.4) is 0 Å². The number of aromatic nitrogens is 4. The van der Waals surface area contributed by atoms with Crippen molar-refractivity contribution in [2.24, 2.45) is 0 Å². The van der Waals surface area contributed by atoms with Gasteiger partial charge in [0, 0.05) is 11.3 Å². The summed E-state index contributed by atoms with van der Waals surface area (Å²) in [5.41, 5.74) is 1.14. The van der Waals surface area contributed by atoms with Gasteiger partial charge in [-0.2, -0.15) is 0 Å². The molecule has 4 nitrogen and oxygen atoms in total. The Kier molecular flexibility index (Phi) is 2.27. The highest BCUT2D eigenvalue weighted by Crippen LogP contribution is 2.10. The maximum Gasteiger partial charge on any atom is 0.152 e. The minimum atomic E-state index is 0.710. The number of tetrazole rings is 1. The largest absolute Gasteiger partial charge is 0.243 e. The van der Waals surface area contributed by atoms with Crippen LogP contribution in [0.4, 0.5) is 0 Å². The number of hydrogen-bond donors (Lipinski definition) is 2. The van der Waals surface area contributed by atoms with Crippen molar-refractivity contribution in [1.82, 2.24) is 20.6 Å². The molecular formula is C8H8N4S. The summed E-state index contributed by atoms with van der Waals surface area (Å²) in [7, 11) is 0. The maximum absolute atomic E-state index is 4.24. The van der Waals surface area contributed by atoms with Gasteiger partial charge in [-0.3, -0.25) is 0 Å². The molecule has 5 heteroatoms. The average Bonchev–Trinajstić information content (AvgIpc) is 2.57. The highest BCUT2D eigenvalue weighted by atomic mass is 32.1. The smallest absolute Gasteiger partial charge is 0.152 e. The molecule has 0 aliphatic heterocycles. The van der Waals surface area contributed by atoms with Gasteiger partial charge in [0.25, 0.3) is 0 Å². The predicted molar refractivity (Wildman–Crippen MR) is 50.7 cm³/mol. The first-order chi connectivity index (χ1) is 6.34. The third kappa shape index (κ3) is 2.06. The standard InChI is InChI=1S/C8H8N4S/c13-7-3-1-2-6(4-7)5-8-9-11-12-10-8/h1-4,13H,5H2,(H,9,10,11,12). The van der Waals surface area contributed by atoms with Crippen LogP contribution < -0.4 is 0 Å². The number of thiol groups is 1. The van der Waals surface area contributed by atoms with Crippen LogP contribution in [0, 0.1) is 0 Å². The van der Waals surface area contributed by atoms with E-state index in [2.05, 4.69) is 33.3 Å². The molecule has 13 heavy (non-hydrogen) atoms. The molecular weight excluding hydrogens is 184 g/mol. The summed E-state index contributed by atoms with van der Waals surface area (Å²) >= 11 is 4.24. The second kappa shape index (κ2) is 3.57. The van der Waals surface area contributed by atoms with Crippen LogP contribution in [0.2, 0.25) is 0 Å². The average molecular weight is 192 g/mol. The summed E-state index contributed by atoms with van der Waals surface area (Å²) in [6.07, 6.45) is 0.710. The van der Waals surface area contributed by atoms with E-state index in [9.17, 15) is 0 Å². The number of benzene rings is 1. The molecule has 2 rings (SSSR count). The zero-order valence-electron chi connectivity index (χ0n) is 6.81. The summed E-state index contributed by atoms with van der Waals surface area (Å²) in [6, 6.07) is 7.90. The molecule has 0 aliphatic carbocycles. The number of hydrogen-bond acceptors (Lipinski definition) is 4. The van der Waals surface area contributed by atoms with Crippen molar-refractivity contribution < 1.29 is 0 Å². The van der Waals surface area contributed by atoms with E-state index in [1.165, 1.54) is 0 Å². The summed E-state index contributed by atoms with van der Waals surface area (Å²) in [5, 5.41) is 13.5. The maximum atomic E-state index is 4.24. The Balaban J connectivity index is 2.19. The lowest BCUT2D eigenvalue weighted by atomic mass is 10.1. The molecule has 0 saturated carbocycles. The highest BCUT2D eigenvalue weighted by Gasteiger charge is 1.99. The van der Waals surface area contributed by atoms with Crippen LogP contribution in [0.1, 0.15) is 11.4 Å². The van der Waals surface area contributed by atoms with Gasteiger partial charge in [-0.15, -0.1) is 17.7 Å². The van der Waals surface area contributed by atoms with Crippen LogP contribution in [0.25, 0.3) is 0 Å². The van der Waals surface area contributed by atoms with Gasteiger partial charge in [0.2, 0.25) is 0 Å². The fourth-order valence-electron chi connectivity index (χ4n) is 1.11. The summed E-state index contributed by atoms with van der Waals surface area (Å²) in [5.74, 6) is 0.763. The fourth-order valence-corrected chi connectivity index (χ4v) is 1.37. The van der Waals surface area contributed by atoms with Crippen molar-refractivity contribution >= 4 is 12.6 Å². The molecule has 0 spiro atoms. The van der Waals surface area contributed by atoms with Gasteiger partial charge in [-0.05, 0) is 28.1 Å². The Hall–Kier alpha value is -1.36. The molecule has 0 unspecified atom stereocenters. The van der Waals surface area contributed by atoms with Crippen molar-refractivity contribution in [3.8, 4) is 0 Å². The van der Waals surface area contributed by atoms with Gasteiger partial charge in [0.15, 0.2) is 5.82 Å². The molecule has 66 valence electrons. The zero-order valence-corrected chi connectivity index (χ0v) is 7.70. The molecule has 0 radical (unpaired) electrons. The Morgan fingerprint density at radius 2 is 2.31 bits per heavy atom. The number of nitrogens with zero attached hydrogens (tertiary/aromatic N) is 3. The first-order valence-electron chi connectivity index (χ1n) is 3.85. The topological polar surface area (TPSA) is 54.5 Å². The van der Waals surface area contributed by atoms with Crippen LogP contribution in [-0.4, -0.2) is 20.6 Å². The molecule has 1 aromatic carbocycles. The van der Waals surface area contributed by atoms with Crippen LogP contribution in [0.15, 0.2) is 29.2 Å². The molecule has 1 N–H and O–H groups in total. The van der Waals surface area contributed by atoms with E-state index in [-0.39, 0.29) is 0 Å². The van der Waals surface area contributed by atoms with Crippen molar-refractivity contribution in [1.29, 1.82) is 0 Å². The lowest BCUT2D eigenvalue weighted by Gasteiger charge is -1.97. The molecule has 0 fully saturated rings. The van der Waals surface area contributed by atoms with E-state index in [4.69, 9.17) is 0 Å². The van der Waals surface area contributed by atoms with Gasteiger partial charge in [0.1, 0.15) is 0 Å². The normalized spacial score (nSPS) is 10.2. The lowest BCUT2D eigenvalue weighted by molar-refractivity contribution is 0.881. The van der Waals surface area contributed by atoms with Crippen molar-refractivity contribution in [2.75, 3.05) is 0 Å². The molecule has 2 aromatic rings. The molecule has 0 aliphatic rings. The quantitative estimate of drug-likeness (QED) is 0.700. The molecule has 1 heterocycles. The highest BCUT2D eigenvalue weighted by molar-refractivity contribution is 7.80. The van der Waals surface area contributed by atoms with Gasteiger partial charge >= 0.3 is 0 Å². The summed E-state index contributed by atoms with van der Waals surface area (Å²) in [4.78, 5) is 0.949. The number of aromatic amines is 1. The first kappa shape index (κ1) is 8.25. The monoisotopic (exact) mass is 192 g/mol. The van der Waals surface area contributed by atoms with Gasteiger partial charge in [0.05, 0.1) is 0 Å². The molecule has 0 amide bonds. The fraction of sp³-hybridized carbons (Fsp3) is 0.125. The van der Waals surface area contributed by atoms with E-state index in [0.29, 0.717) is 6.42 Å². The number of H-pyrrole nitrogens is 1. The van der Waals surface area contributed by atoms with Crippen LogP contribution in [-0.2, 0) is 6.42 Å². The Bertz CT molecular complexity index is 385. The Morgan fingerprint density at radius 1 is 1.38 bits per heavy atom. The van der Waals surface area contributed by atoms with E-state index in [1.54, 1.807) is 0 Å². The SMILES string of the molecule is Sc1cccc(Cc2nnn[nH]2)c1. The third-order valence-corrected chi connectivity index (χ3v) is 1.95. The number of rotatable bonds is 2. The molecule has 0 atom stereocenters. The molecule has 0 bridgehead atoms. The van der Waals surface area contributed by atoms with E-state index < -0.39 is 0 Å². The third-order valence-electron chi connectivity index (χ3n) is 1.67. The zero-order chi connectivity index (χ0) is 9.10. The van der Waals surface area contributed by atoms with Crippen molar-refractivity contribution in [3.05, 3.63) is 35.7 Å². The van der Waals surface area contributed by atoms with E-state index in [0.717, 1.165) is 16.3 Å². The van der Waals surface area contributed by atoms with Gasteiger partial charge in [-0.25, -0.2) is 5.10 Å². The number of nitrogens with one attached hydrogen (secondary N) is 1. The van der Waals surface area contributed by atoms with Crippen LogP contribution >= 0.6 is 12.6 Å². The van der Waals surface area contributed by atoms with E-state index in [1.807, 2.05) is 24.3 Å². The summed E-state index contributed by atoms with van der Waals surface area (Å²) < 4.78 is 0. The second-order valence-electron chi connectivity index (χ2n) is 2.69. The minimum absolute atomic E-state index is 0.710. The van der Waals surface area contributed by atoms with Crippen molar-refractivity contribution in [2.45, 2.75) is 11.3 Å². The van der Waals surface area contributed by atoms with Gasteiger partial charge in [-0.1, -0.05) is 12.1 Å². The van der Waals surface area contributed by atoms with Crippen molar-refractivity contribution in [3.63, 3.8) is 0 Å². The summed E-state index contributed by atoms with van der Waals surface area (Å²) in [6.45, 7) is 0. The van der Waals surface area contributed by atoms with E-state index >= 15 is 0 Å². The first-order valence-corrected chi connectivity index (χ1v) is 4.30. The second-order valence-corrected chi connectivity index (χ2v) is 3.21. The molecule has 1 aromatic heterocycles. The Morgan fingerprint density at radius 3 is 3.00 bits per heavy atom. The Labute approximate surface area is 80.8 Å².